The molecule has 0 saturated carbocycles. The Bertz CT molecular complexity index is 694. The summed E-state index contributed by atoms with van der Waals surface area (Å²) in [5.74, 6) is 2.29. The fourth-order valence-electron chi connectivity index (χ4n) is 3.92. The van der Waals surface area contributed by atoms with Crippen LogP contribution in [0.5, 0.6) is 0 Å². The Labute approximate surface area is 144 Å². The van der Waals surface area contributed by atoms with E-state index in [1.54, 1.807) is 0 Å². The van der Waals surface area contributed by atoms with Gasteiger partial charge in [0.05, 0.1) is 11.0 Å². The molecule has 1 fully saturated rings. The Hall–Kier alpha value is -1.84. The Balaban J connectivity index is 1.63. The van der Waals surface area contributed by atoms with E-state index >= 15 is 0 Å². The first-order valence-electron chi connectivity index (χ1n) is 9.34. The van der Waals surface area contributed by atoms with Crippen molar-refractivity contribution in [3.8, 4) is 0 Å². The highest BCUT2D eigenvalue weighted by Gasteiger charge is 2.27. The van der Waals surface area contributed by atoms with Crippen LogP contribution < -0.4 is 0 Å². The van der Waals surface area contributed by atoms with Crippen molar-refractivity contribution < 1.29 is 4.79 Å². The second-order valence-corrected chi connectivity index (χ2v) is 7.04. The number of para-hydroxylation sites is 2. The standard InChI is InChI=1S/C20H29N3O/c1-4-17(5-2)20(24)22-12-10-16(11-13-22)14-23-15(3)21-18-8-6-7-9-19(18)23/h6-9,16-17H,4-5,10-14H2,1-3H3. The number of rotatable bonds is 5. The predicted molar refractivity (Wildman–Crippen MR) is 97.8 cm³/mol. The van der Waals surface area contributed by atoms with Crippen LogP contribution >= 0.6 is 0 Å². The van der Waals surface area contributed by atoms with Crippen molar-refractivity contribution >= 4 is 16.9 Å². The summed E-state index contributed by atoms with van der Waals surface area (Å²) in [5, 5.41) is 0. The Morgan fingerprint density at radius 2 is 1.88 bits per heavy atom. The molecule has 130 valence electrons. The number of carbonyl (C=O) groups is 1. The van der Waals surface area contributed by atoms with Gasteiger partial charge in [-0.3, -0.25) is 4.79 Å². The van der Waals surface area contributed by atoms with E-state index in [9.17, 15) is 4.79 Å². The zero-order chi connectivity index (χ0) is 17.1. The van der Waals surface area contributed by atoms with Crippen LogP contribution in [0, 0.1) is 18.8 Å². The molecule has 0 N–H and O–H groups in total. The van der Waals surface area contributed by atoms with Crippen LogP contribution in [0.3, 0.4) is 0 Å². The third-order valence-corrected chi connectivity index (χ3v) is 5.55. The normalized spacial score (nSPS) is 16.2. The summed E-state index contributed by atoms with van der Waals surface area (Å²) in [7, 11) is 0. The summed E-state index contributed by atoms with van der Waals surface area (Å²) >= 11 is 0. The van der Waals surface area contributed by atoms with E-state index in [0.717, 1.165) is 56.7 Å². The molecule has 2 aromatic rings. The molecule has 4 nitrogen and oxygen atoms in total. The number of nitrogens with zero attached hydrogens (tertiary/aromatic N) is 3. The average molecular weight is 327 g/mol. The van der Waals surface area contributed by atoms with Crippen molar-refractivity contribution in [2.24, 2.45) is 11.8 Å². The molecule has 1 amide bonds. The average Bonchev–Trinajstić information content (AvgIpc) is 2.92. The highest BCUT2D eigenvalue weighted by Crippen LogP contribution is 2.25. The lowest BCUT2D eigenvalue weighted by atomic mass is 9.94. The van der Waals surface area contributed by atoms with Crippen molar-refractivity contribution in [2.75, 3.05) is 13.1 Å². The molecule has 4 heteroatoms. The largest absolute Gasteiger partial charge is 0.342 e. The molecular formula is C20H29N3O. The van der Waals surface area contributed by atoms with Gasteiger partial charge < -0.3 is 9.47 Å². The number of aromatic nitrogens is 2. The van der Waals surface area contributed by atoms with Crippen molar-refractivity contribution in [3.63, 3.8) is 0 Å². The van der Waals surface area contributed by atoms with Crippen molar-refractivity contribution in [1.82, 2.24) is 14.5 Å². The van der Waals surface area contributed by atoms with Crippen LogP contribution in [0.15, 0.2) is 24.3 Å². The van der Waals surface area contributed by atoms with Crippen molar-refractivity contribution in [2.45, 2.75) is 53.0 Å². The highest BCUT2D eigenvalue weighted by atomic mass is 16.2. The first kappa shape index (κ1) is 17.0. The van der Waals surface area contributed by atoms with Crippen molar-refractivity contribution in [3.05, 3.63) is 30.1 Å². The maximum Gasteiger partial charge on any atom is 0.225 e. The van der Waals surface area contributed by atoms with E-state index in [1.165, 1.54) is 5.52 Å². The molecule has 0 spiro atoms. The van der Waals surface area contributed by atoms with E-state index < -0.39 is 0 Å². The molecule has 1 aliphatic rings. The number of hydrogen-bond acceptors (Lipinski definition) is 2. The summed E-state index contributed by atoms with van der Waals surface area (Å²) in [6, 6.07) is 8.36. The lowest BCUT2D eigenvalue weighted by Crippen LogP contribution is -2.42. The minimum absolute atomic E-state index is 0.210. The number of imidazole rings is 1. The zero-order valence-electron chi connectivity index (χ0n) is 15.2. The van der Waals surface area contributed by atoms with E-state index in [2.05, 4.69) is 53.4 Å². The van der Waals surface area contributed by atoms with Crippen molar-refractivity contribution in [1.29, 1.82) is 0 Å². The molecule has 1 saturated heterocycles. The van der Waals surface area contributed by atoms with Gasteiger partial charge in [0.1, 0.15) is 5.82 Å². The number of benzene rings is 1. The molecule has 2 heterocycles. The fourth-order valence-corrected chi connectivity index (χ4v) is 3.92. The topological polar surface area (TPSA) is 38.1 Å². The predicted octanol–water partition coefficient (Wildman–Crippen LogP) is 4.02. The first-order chi connectivity index (χ1) is 11.6. The van der Waals surface area contributed by atoms with Gasteiger partial charge in [-0.15, -0.1) is 0 Å². The van der Waals surface area contributed by atoms with Gasteiger partial charge in [0.2, 0.25) is 5.91 Å². The fraction of sp³-hybridized carbons (Fsp3) is 0.600. The van der Waals surface area contributed by atoms with Gasteiger partial charge in [0.25, 0.3) is 0 Å². The maximum atomic E-state index is 12.5. The third kappa shape index (κ3) is 3.33. The minimum atomic E-state index is 0.210. The Morgan fingerprint density at radius 3 is 2.54 bits per heavy atom. The lowest BCUT2D eigenvalue weighted by Gasteiger charge is -2.34. The van der Waals surface area contributed by atoms with E-state index in [-0.39, 0.29) is 5.92 Å². The lowest BCUT2D eigenvalue weighted by molar-refractivity contribution is -0.137. The number of carbonyl (C=O) groups excluding carboxylic acids is 1. The zero-order valence-corrected chi connectivity index (χ0v) is 15.2. The number of fused-ring (bicyclic) bond motifs is 1. The van der Waals surface area contributed by atoms with Gasteiger partial charge in [0, 0.05) is 25.6 Å². The maximum absolute atomic E-state index is 12.5. The molecule has 0 unspecified atom stereocenters. The van der Waals surface area contributed by atoms with Crippen LogP contribution in [0.2, 0.25) is 0 Å². The summed E-state index contributed by atoms with van der Waals surface area (Å²) in [6.07, 6.45) is 4.10. The Morgan fingerprint density at radius 1 is 1.21 bits per heavy atom. The number of hydrogen-bond donors (Lipinski definition) is 0. The second kappa shape index (κ2) is 7.37. The van der Waals surface area contributed by atoms with Gasteiger partial charge >= 0.3 is 0 Å². The molecule has 3 rings (SSSR count). The molecule has 0 radical (unpaired) electrons. The Kier molecular flexibility index (Phi) is 5.22. The SMILES string of the molecule is CCC(CC)C(=O)N1CCC(Cn2c(C)nc3ccccc32)CC1. The smallest absolute Gasteiger partial charge is 0.225 e. The first-order valence-corrected chi connectivity index (χ1v) is 9.34. The summed E-state index contributed by atoms with van der Waals surface area (Å²) in [4.78, 5) is 19.3. The third-order valence-electron chi connectivity index (χ3n) is 5.55. The van der Waals surface area contributed by atoms with Gasteiger partial charge in [-0.1, -0.05) is 26.0 Å². The highest BCUT2D eigenvalue weighted by molar-refractivity contribution is 5.79. The van der Waals surface area contributed by atoms with Crippen LogP contribution in [-0.4, -0.2) is 33.4 Å². The van der Waals surface area contributed by atoms with Gasteiger partial charge in [-0.2, -0.15) is 0 Å². The quantitative estimate of drug-likeness (QED) is 0.832. The summed E-state index contributed by atoms with van der Waals surface area (Å²) < 4.78 is 2.35. The molecule has 0 aliphatic carbocycles. The van der Waals surface area contributed by atoms with Gasteiger partial charge in [0.15, 0.2) is 0 Å². The molecule has 1 aromatic heterocycles. The van der Waals surface area contributed by atoms with E-state index in [4.69, 9.17) is 0 Å². The number of likely N-dealkylation sites (tertiary alicyclic amines) is 1. The van der Waals surface area contributed by atoms with Crippen LogP contribution in [0.25, 0.3) is 11.0 Å². The van der Waals surface area contributed by atoms with Crippen LogP contribution in [0.1, 0.15) is 45.4 Å². The molecule has 24 heavy (non-hydrogen) atoms. The monoisotopic (exact) mass is 327 g/mol. The van der Waals surface area contributed by atoms with E-state index in [0.29, 0.717) is 11.8 Å². The van der Waals surface area contributed by atoms with Crippen LogP contribution in [-0.2, 0) is 11.3 Å². The molecule has 0 atom stereocenters. The number of amides is 1. The summed E-state index contributed by atoms with van der Waals surface area (Å²) in [6.45, 7) is 9.15. The van der Waals surface area contributed by atoms with Crippen LogP contribution in [0.4, 0.5) is 0 Å². The van der Waals surface area contributed by atoms with Gasteiger partial charge in [-0.05, 0) is 50.7 Å². The minimum Gasteiger partial charge on any atom is -0.342 e. The molecule has 1 aromatic carbocycles. The molecular weight excluding hydrogens is 298 g/mol. The number of piperidine rings is 1. The summed E-state index contributed by atoms with van der Waals surface area (Å²) in [5.41, 5.74) is 2.31. The molecule has 0 bridgehead atoms. The molecule has 1 aliphatic heterocycles. The van der Waals surface area contributed by atoms with Gasteiger partial charge in [-0.25, -0.2) is 4.98 Å². The van der Waals surface area contributed by atoms with E-state index in [1.807, 2.05) is 6.07 Å². The second-order valence-electron chi connectivity index (χ2n) is 7.04. The number of aryl methyl sites for hydroxylation is 1.